The SMILES string of the molecule is CCNC(Cc1ncnn1C(C)C)c1ccc(C)c(F)c1. The fourth-order valence-electron chi connectivity index (χ4n) is 2.41. The lowest BCUT2D eigenvalue weighted by Crippen LogP contribution is -2.25. The third kappa shape index (κ3) is 3.67. The Morgan fingerprint density at radius 1 is 1.33 bits per heavy atom. The standard InChI is InChI=1S/C16H23FN4/c1-5-18-15(13-7-6-12(4)14(17)8-13)9-16-19-10-20-21(16)11(2)3/h6-8,10-11,15,18H,5,9H2,1-4H3. The third-order valence-electron chi connectivity index (χ3n) is 3.57. The molecule has 0 fully saturated rings. The number of rotatable bonds is 6. The first-order chi connectivity index (χ1) is 10.0. The molecule has 0 radical (unpaired) electrons. The van der Waals surface area contributed by atoms with Gasteiger partial charge in [-0.1, -0.05) is 19.1 Å². The molecule has 0 aliphatic rings. The molecule has 0 saturated carbocycles. The van der Waals surface area contributed by atoms with Crippen molar-refractivity contribution in [2.24, 2.45) is 0 Å². The number of benzene rings is 1. The summed E-state index contributed by atoms with van der Waals surface area (Å²) in [4.78, 5) is 4.34. The van der Waals surface area contributed by atoms with Gasteiger partial charge in [-0.05, 0) is 44.5 Å². The summed E-state index contributed by atoms with van der Waals surface area (Å²) in [5.41, 5.74) is 1.61. The normalized spacial score (nSPS) is 12.9. The van der Waals surface area contributed by atoms with E-state index in [0.29, 0.717) is 12.0 Å². The summed E-state index contributed by atoms with van der Waals surface area (Å²) in [6.07, 6.45) is 2.27. The van der Waals surface area contributed by atoms with Crippen molar-refractivity contribution in [3.05, 3.63) is 47.3 Å². The summed E-state index contributed by atoms with van der Waals surface area (Å²) >= 11 is 0. The summed E-state index contributed by atoms with van der Waals surface area (Å²) < 4.78 is 15.7. The molecule has 0 saturated heterocycles. The van der Waals surface area contributed by atoms with Gasteiger partial charge in [0, 0.05) is 18.5 Å². The molecule has 1 aromatic heterocycles. The molecule has 5 heteroatoms. The maximum atomic E-state index is 13.8. The van der Waals surface area contributed by atoms with Crippen molar-refractivity contribution in [3.63, 3.8) is 0 Å². The first-order valence-electron chi connectivity index (χ1n) is 7.40. The van der Waals surface area contributed by atoms with Gasteiger partial charge in [0.2, 0.25) is 0 Å². The minimum Gasteiger partial charge on any atom is -0.310 e. The fourth-order valence-corrected chi connectivity index (χ4v) is 2.41. The van der Waals surface area contributed by atoms with E-state index in [1.165, 1.54) is 0 Å². The summed E-state index contributed by atoms with van der Waals surface area (Å²) in [6, 6.07) is 5.70. The summed E-state index contributed by atoms with van der Waals surface area (Å²) in [7, 11) is 0. The van der Waals surface area contributed by atoms with Gasteiger partial charge in [-0.3, -0.25) is 0 Å². The number of hydrogen-bond donors (Lipinski definition) is 1. The van der Waals surface area contributed by atoms with E-state index >= 15 is 0 Å². The van der Waals surface area contributed by atoms with E-state index in [-0.39, 0.29) is 17.9 Å². The number of aryl methyl sites for hydroxylation is 1. The van der Waals surface area contributed by atoms with Crippen LogP contribution in [0.15, 0.2) is 24.5 Å². The average Bonchev–Trinajstić information content (AvgIpc) is 2.90. The topological polar surface area (TPSA) is 42.7 Å². The minimum absolute atomic E-state index is 0.0341. The maximum absolute atomic E-state index is 13.8. The predicted octanol–water partition coefficient (Wildman–Crippen LogP) is 3.20. The van der Waals surface area contributed by atoms with E-state index in [9.17, 15) is 4.39 Å². The van der Waals surface area contributed by atoms with Crippen molar-refractivity contribution >= 4 is 0 Å². The number of likely N-dealkylation sites (N-methyl/N-ethyl adjacent to an activating group) is 1. The molecule has 0 bridgehead atoms. The van der Waals surface area contributed by atoms with E-state index in [0.717, 1.165) is 17.9 Å². The Balaban J connectivity index is 2.26. The zero-order chi connectivity index (χ0) is 15.4. The largest absolute Gasteiger partial charge is 0.310 e. The van der Waals surface area contributed by atoms with Gasteiger partial charge in [-0.2, -0.15) is 5.10 Å². The predicted molar refractivity (Wildman–Crippen MR) is 81.7 cm³/mol. The van der Waals surface area contributed by atoms with E-state index in [1.807, 2.05) is 23.7 Å². The van der Waals surface area contributed by atoms with Crippen LogP contribution < -0.4 is 5.32 Å². The number of hydrogen-bond acceptors (Lipinski definition) is 3. The lowest BCUT2D eigenvalue weighted by Gasteiger charge is -2.19. The van der Waals surface area contributed by atoms with Crippen molar-refractivity contribution in [3.8, 4) is 0 Å². The third-order valence-corrected chi connectivity index (χ3v) is 3.57. The molecular formula is C16H23FN4. The molecule has 2 rings (SSSR count). The molecule has 114 valence electrons. The fraction of sp³-hybridized carbons (Fsp3) is 0.500. The second-order valence-corrected chi connectivity index (χ2v) is 5.54. The second kappa shape index (κ2) is 6.80. The zero-order valence-electron chi connectivity index (χ0n) is 13.1. The average molecular weight is 290 g/mol. The van der Waals surface area contributed by atoms with Crippen molar-refractivity contribution in [1.82, 2.24) is 20.1 Å². The van der Waals surface area contributed by atoms with Gasteiger partial charge in [-0.15, -0.1) is 0 Å². The first-order valence-corrected chi connectivity index (χ1v) is 7.40. The Kier molecular flexibility index (Phi) is 5.07. The van der Waals surface area contributed by atoms with Crippen LogP contribution in [-0.4, -0.2) is 21.3 Å². The van der Waals surface area contributed by atoms with Gasteiger partial charge in [-0.25, -0.2) is 14.1 Å². The van der Waals surface area contributed by atoms with Crippen LogP contribution in [0.25, 0.3) is 0 Å². The molecule has 1 heterocycles. The van der Waals surface area contributed by atoms with Crippen LogP contribution in [-0.2, 0) is 6.42 Å². The van der Waals surface area contributed by atoms with Crippen LogP contribution in [0.5, 0.6) is 0 Å². The highest BCUT2D eigenvalue weighted by Crippen LogP contribution is 2.21. The number of halogens is 1. The zero-order valence-corrected chi connectivity index (χ0v) is 13.1. The van der Waals surface area contributed by atoms with E-state index < -0.39 is 0 Å². The van der Waals surface area contributed by atoms with Gasteiger partial charge in [0.15, 0.2) is 0 Å². The summed E-state index contributed by atoms with van der Waals surface area (Å²) in [5.74, 6) is 0.748. The van der Waals surface area contributed by atoms with E-state index in [4.69, 9.17) is 0 Å². The Labute approximate surface area is 125 Å². The van der Waals surface area contributed by atoms with Crippen LogP contribution >= 0.6 is 0 Å². The van der Waals surface area contributed by atoms with Crippen LogP contribution in [0.1, 0.15) is 49.8 Å². The summed E-state index contributed by atoms with van der Waals surface area (Å²) in [5, 5.41) is 7.66. The molecule has 0 aliphatic carbocycles. The molecule has 0 aliphatic heterocycles. The summed E-state index contributed by atoms with van der Waals surface area (Å²) in [6.45, 7) is 8.79. The second-order valence-electron chi connectivity index (χ2n) is 5.54. The quantitative estimate of drug-likeness (QED) is 0.888. The number of aromatic nitrogens is 3. The Hall–Kier alpha value is -1.75. The maximum Gasteiger partial charge on any atom is 0.138 e. The molecule has 0 amide bonds. The molecule has 2 aromatic rings. The van der Waals surface area contributed by atoms with Crippen LogP contribution in [0.3, 0.4) is 0 Å². The van der Waals surface area contributed by atoms with Crippen molar-refractivity contribution < 1.29 is 4.39 Å². The van der Waals surface area contributed by atoms with Gasteiger partial charge in [0.05, 0.1) is 0 Å². The Morgan fingerprint density at radius 3 is 2.71 bits per heavy atom. The minimum atomic E-state index is -0.166. The van der Waals surface area contributed by atoms with Gasteiger partial charge in [0.1, 0.15) is 18.0 Å². The molecule has 0 spiro atoms. The molecule has 4 nitrogen and oxygen atoms in total. The smallest absolute Gasteiger partial charge is 0.138 e. The highest BCUT2D eigenvalue weighted by atomic mass is 19.1. The van der Waals surface area contributed by atoms with Crippen molar-refractivity contribution in [2.75, 3.05) is 6.54 Å². The van der Waals surface area contributed by atoms with Crippen molar-refractivity contribution in [1.29, 1.82) is 0 Å². The first kappa shape index (κ1) is 15.6. The Bertz CT molecular complexity index is 592. The van der Waals surface area contributed by atoms with E-state index in [1.54, 1.807) is 19.3 Å². The molecule has 21 heavy (non-hydrogen) atoms. The molecule has 1 unspecified atom stereocenters. The lowest BCUT2D eigenvalue weighted by atomic mass is 10.0. The van der Waals surface area contributed by atoms with Crippen molar-refractivity contribution in [2.45, 2.75) is 46.2 Å². The van der Waals surface area contributed by atoms with Gasteiger partial charge < -0.3 is 5.32 Å². The number of nitrogens with one attached hydrogen (secondary N) is 1. The monoisotopic (exact) mass is 290 g/mol. The number of nitrogens with zero attached hydrogens (tertiary/aromatic N) is 3. The molecule has 1 aromatic carbocycles. The van der Waals surface area contributed by atoms with Crippen LogP contribution in [0, 0.1) is 12.7 Å². The van der Waals surface area contributed by atoms with Gasteiger partial charge >= 0.3 is 0 Å². The lowest BCUT2D eigenvalue weighted by molar-refractivity contribution is 0.467. The molecule has 1 N–H and O–H groups in total. The Morgan fingerprint density at radius 2 is 2.10 bits per heavy atom. The molecular weight excluding hydrogens is 267 g/mol. The highest BCUT2D eigenvalue weighted by Gasteiger charge is 2.17. The molecule has 1 atom stereocenters. The van der Waals surface area contributed by atoms with Crippen LogP contribution in [0.2, 0.25) is 0 Å². The van der Waals surface area contributed by atoms with Gasteiger partial charge in [0.25, 0.3) is 0 Å². The van der Waals surface area contributed by atoms with Crippen LogP contribution in [0.4, 0.5) is 4.39 Å². The van der Waals surface area contributed by atoms with E-state index in [2.05, 4.69) is 29.2 Å². The highest BCUT2D eigenvalue weighted by molar-refractivity contribution is 5.26.